The van der Waals surface area contributed by atoms with Crippen LogP contribution < -0.4 is 5.73 Å². The Labute approximate surface area is 112 Å². The number of nitrogen functional groups attached to an aromatic ring is 1. The van der Waals surface area contributed by atoms with Crippen LogP contribution in [0.25, 0.3) is 0 Å². The van der Waals surface area contributed by atoms with E-state index in [9.17, 15) is 12.8 Å². The molecule has 2 fully saturated rings. The third-order valence-corrected chi connectivity index (χ3v) is 6.31. The Morgan fingerprint density at radius 1 is 1.37 bits per heavy atom. The lowest BCUT2D eigenvalue weighted by Gasteiger charge is -2.27. The van der Waals surface area contributed by atoms with Gasteiger partial charge < -0.3 is 5.73 Å². The number of hydrogen-bond donors (Lipinski definition) is 1. The van der Waals surface area contributed by atoms with Crippen LogP contribution in [0.1, 0.15) is 24.8 Å². The van der Waals surface area contributed by atoms with E-state index in [1.807, 2.05) is 0 Å². The minimum atomic E-state index is -3.63. The number of benzene rings is 1. The van der Waals surface area contributed by atoms with Gasteiger partial charge in [0.1, 0.15) is 5.82 Å². The molecule has 1 heterocycles. The molecule has 0 amide bonds. The Kier molecular flexibility index (Phi) is 2.83. The van der Waals surface area contributed by atoms with Gasteiger partial charge in [0.25, 0.3) is 0 Å². The quantitative estimate of drug-likeness (QED) is 0.844. The molecule has 1 aliphatic heterocycles. The SMILES string of the molecule is Cc1c(F)cc(N)cc1S(=O)(=O)N1CC2CCC1C2. The van der Waals surface area contributed by atoms with E-state index in [4.69, 9.17) is 5.73 Å². The van der Waals surface area contributed by atoms with Crippen LogP contribution in [0.5, 0.6) is 0 Å². The van der Waals surface area contributed by atoms with Crippen LogP contribution in [0.3, 0.4) is 0 Å². The second-order valence-corrected chi connectivity index (χ2v) is 7.39. The van der Waals surface area contributed by atoms with Crippen molar-refractivity contribution in [2.45, 2.75) is 37.1 Å². The van der Waals surface area contributed by atoms with Gasteiger partial charge in [-0.1, -0.05) is 0 Å². The standard InChI is InChI=1S/C13H17FN2O2S/c1-8-12(14)5-10(15)6-13(8)19(17,18)16-7-9-2-3-11(16)4-9/h5-6,9,11H,2-4,7,15H2,1H3. The summed E-state index contributed by atoms with van der Waals surface area (Å²) < 4.78 is 40.5. The van der Waals surface area contributed by atoms with Gasteiger partial charge in [-0.25, -0.2) is 12.8 Å². The summed E-state index contributed by atoms with van der Waals surface area (Å²) >= 11 is 0. The van der Waals surface area contributed by atoms with Crippen molar-refractivity contribution in [2.75, 3.05) is 12.3 Å². The van der Waals surface area contributed by atoms with Gasteiger partial charge in [-0.05, 0) is 44.2 Å². The summed E-state index contributed by atoms with van der Waals surface area (Å²) in [6.07, 6.45) is 2.94. The summed E-state index contributed by atoms with van der Waals surface area (Å²) in [6, 6.07) is 2.60. The average molecular weight is 284 g/mol. The molecular formula is C13H17FN2O2S. The largest absolute Gasteiger partial charge is 0.399 e. The number of nitrogens with two attached hydrogens (primary N) is 1. The maximum atomic E-state index is 13.7. The van der Waals surface area contributed by atoms with Crippen molar-refractivity contribution in [3.8, 4) is 0 Å². The lowest BCUT2D eigenvalue weighted by Crippen LogP contribution is -2.38. The lowest BCUT2D eigenvalue weighted by molar-refractivity contribution is 0.333. The van der Waals surface area contributed by atoms with Crippen LogP contribution in [0, 0.1) is 18.7 Å². The predicted molar refractivity (Wildman–Crippen MR) is 70.6 cm³/mol. The van der Waals surface area contributed by atoms with Gasteiger partial charge in [0.05, 0.1) is 4.90 Å². The molecule has 4 nitrogen and oxygen atoms in total. The molecule has 2 aliphatic rings. The molecular weight excluding hydrogens is 267 g/mol. The van der Waals surface area contributed by atoms with Gasteiger partial charge >= 0.3 is 0 Å². The number of halogens is 1. The Balaban J connectivity index is 2.06. The molecule has 6 heteroatoms. The van der Waals surface area contributed by atoms with Gasteiger partial charge in [-0.2, -0.15) is 4.31 Å². The fourth-order valence-corrected chi connectivity index (χ4v) is 5.25. The fraction of sp³-hybridized carbons (Fsp3) is 0.538. The van der Waals surface area contributed by atoms with Gasteiger partial charge in [-0.15, -0.1) is 0 Å². The first-order valence-electron chi connectivity index (χ1n) is 6.47. The van der Waals surface area contributed by atoms with Crippen molar-refractivity contribution < 1.29 is 12.8 Å². The molecule has 1 aliphatic carbocycles. The average Bonchev–Trinajstić information content (AvgIpc) is 2.95. The number of hydrogen-bond acceptors (Lipinski definition) is 3. The van der Waals surface area contributed by atoms with E-state index in [-0.39, 0.29) is 22.2 Å². The first-order valence-corrected chi connectivity index (χ1v) is 7.91. The van der Waals surface area contributed by atoms with Crippen LogP contribution in [0.2, 0.25) is 0 Å². The molecule has 1 aromatic carbocycles. The Bertz CT molecular complexity index is 630. The molecule has 2 unspecified atom stereocenters. The van der Waals surface area contributed by atoms with E-state index in [0.29, 0.717) is 12.5 Å². The van der Waals surface area contributed by atoms with Gasteiger partial charge in [-0.3, -0.25) is 0 Å². The van der Waals surface area contributed by atoms with Crippen molar-refractivity contribution in [3.63, 3.8) is 0 Å². The van der Waals surface area contributed by atoms with Crippen LogP contribution in [0.4, 0.5) is 10.1 Å². The zero-order chi connectivity index (χ0) is 13.8. The second kappa shape index (κ2) is 4.18. The first-order chi connectivity index (χ1) is 8.89. The number of sulfonamides is 1. The van der Waals surface area contributed by atoms with E-state index >= 15 is 0 Å². The molecule has 0 aromatic heterocycles. The van der Waals surface area contributed by atoms with Crippen molar-refractivity contribution in [2.24, 2.45) is 5.92 Å². The molecule has 104 valence electrons. The Morgan fingerprint density at radius 2 is 2.11 bits per heavy atom. The summed E-state index contributed by atoms with van der Waals surface area (Å²) in [6.45, 7) is 2.04. The van der Waals surface area contributed by atoms with Crippen molar-refractivity contribution in [3.05, 3.63) is 23.5 Å². The number of piperidine rings is 1. The highest BCUT2D eigenvalue weighted by Gasteiger charge is 2.44. The zero-order valence-corrected chi connectivity index (χ0v) is 11.6. The van der Waals surface area contributed by atoms with Crippen LogP contribution in [-0.4, -0.2) is 25.3 Å². The Hall–Kier alpha value is -1.14. The van der Waals surface area contributed by atoms with Crippen molar-refractivity contribution in [1.29, 1.82) is 0 Å². The second-order valence-electron chi connectivity index (χ2n) is 5.53. The molecule has 3 rings (SSSR count). The highest BCUT2D eigenvalue weighted by molar-refractivity contribution is 7.89. The molecule has 1 saturated carbocycles. The molecule has 19 heavy (non-hydrogen) atoms. The van der Waals surface area contributed by atoms with E-state index < -0.39 is 15.8 Å². The third-order valence-electron chi connectivity index (χ3n) is 4.26. The molecule has 0 radical (unpaired) electrons. The van der Waals surface area contributed by atoms with E-state index in [0.717, 1.165) is 25.3 Å². The summed E-state index contributed by atoms with van der Waals surface area (Å²) in [5.74, 6) is -0.103. The van der Waals surface area contributed by atoms with E-state index in [1.54, 1.807) is 0 Å². The number of nitrogens with zero attached hydrogens (tertiary/aromatic N) is 1. The predicted octanol–water partition coefficient (Wildman–Crippen LogP) is 1.89. The van der Waals surface area contributed by atoms with E-state index in [2.05, 4.69) is 0 Å². The van der Waals surface area contributed by atoms with Gasteiger partial charge in [0.2, 0.25) is 10.0 Å². The molecule has 1 saturated heterocycles. The van der Waals surface area contributed by atoms with Gasteiger partial charge in [0.15, 0.2) is 0 Å². The van der Waals surface area contributed by atoms with Crippen LogP contribution in [0.15, 0.2) is 17.0 Å². The number of rotatable bonds is 2. The normalized spacial score (nSPS) is 27.1. The Morgan fingerprint density at radius 3 is 2.68 bits per heavy atom. The molecule has 1 aromatic rings. The summed E-state index contributed by atoms with van der Waals surface area (Å²) in [5.41, 5.74) is 5.87. The highest BCUT2D eigenvalue weighted by Crippen LogP contribution is 2.41. The molecule has 2 bridgehead atoms. The first kappa shape index (κ1) is 12.9. The summed E-state index contributed by atoms with van der Waals surface area (Å²) in [7, 11) is -3.63. The topological polar surface area (TPSA) is 63.4 Å². The fourth-order valence-electron chi connectivity index (χ4n) is 3.24. The maximum absolute atomic E-state index is 13.7. The molecule has 2 N–H and O–H groups in total. The maximum Gasteiger partial charge on any atom is 0.243 e. The number of fused-ring (bicyclic) bond motifs is 2. The van der Waals surface area contributed by atoms with E-state index in [1.165, 1.54) is 17.3 Å². The zero-order valence-electron chi connectivity index (χ0n) is 10.8. The summed E-state index contributed by atoms with van der Waals surface area (Å²) in [4.78, 5) is 0.0116. The van der Waals surface area contributed by atoms with Crippen LogP contribution in [-0.2, 0) is 10.0 Å². The summed E-state index contributed by atoms with van der Waals surface area (Å²) in [5, 5.41) is 0. The highest BCUT2D eigenvalue weighted by atomic mass is 32.2. The monoisotopic (exact) mass is 284 g/mol. The third kappa shape index (κ3) is 1.94. The minimum absolute atomic E-state index is 0.0116. The smallest absolute Gasteiger partial charge is 0.243 e. The van der Waals surface area contributed by atoms with Crippen LogP contribution >= 0.6 is 0 Å². The van der Waals surface area contributed by atoms with Crippen molar-refractivity contribution in [1.82, 2.24) is 4.31 Å². The molecule has 0 spiro atoms. The van der Waals surface area contributed by atoms with Crippen molar-refractivity contribution >= 4 is 15.7 Å². The minimum Gasteiger partial charge on any atom is -0.399 e. The number of anilines is 1. The van der Waals surface area contributed by atoms with Gasteiger partial charge in [0, 0.05) is 23.8 Å². The molecule has 2 atom stereocenters. The lowest BCUT2D eigenvalue weighted by atomic mass is 10.1.